The van der Waals surface area contributed by atoms with Crippen molar-refractivity contribution in [3.63, 3.8) is 0 Å². The number of carbonyl (C=O) groups is 2. The fourth-order valence-electron chi connectivity index (χ4n) is 4.55. The Labute approximate surface area is 213 Å². The van der Waals surface area contributed by atoms with E-state index in [1.54, 1.807) is 61.8 Å². The number of amides is 2. The fourth-order valence-corrected chi connectivity index (χ4v) is 4.55. The molecular weight excluding hydrogens is 470 g/mol. The summed E-state index contributed by atoms with van der Waals surface area (Å²) in [6, 6.07) is 10.2. The third-order valence-electron chi connectivity index (χ3n) is 6.28. The lowest BCUT2D eigenvalue weighted by Gasteiger charge is -2.21. The van der Waals surface area contributed by atoms with Gasteiger partial charge in [-0.3, -0.25) is 14.0 Å². The van der Waals surface area contributed by atoms with E-state index in [2.05, 4.69) is 27.1 Å². The molecule has 0 spiro atoms. The molecule has 4 aromatic rings. The predicted octanol–water partition coefficient (Wildman–Crippen LogP) is 3.32. The van der Waals surface area contributed by atoms with E-state index in [4.69, 9.17) is 15.5 Å². The second kappa shape index (κ2) is 9.99. The number of nitrogens with zero attached hydrogens (tertiary/aromatic N) is 5. The van der Waals surface area contributed by atoms with Gasteiger partial charge in [-0.2, -0.15) is 0 Å². The lowest BCUT2D eigenvalue weighted by atomic mass is 10.1. The Balaban J connectivity index is 1.48. The van der Waals surface area contributed by atoms with Crippen LogP contribution in [0.4, 0.5) is 11.6 Å². The molecule has 0 radical (unpaired) electrons. The van der Waals surface area contributed by atoms with Gasteiger partial charge in [0.05, 0.1) is 13.2 Å². The number of aromatic nitrogens is 4. The van der Waals surface area contributed by atoms with Gasteiger partial charge in [0.1, 0.15) is 34.4 Å². The quantitative estimate of drug-likeness (QED) is 0.407. The van der Waals surface area contributed by atoms with Crippen LogP contribution in [0.25, 0.3) is 16.8 Å². The maximum atomic E-state index is 12.8. The van der Waals surface area contributed by atoms with Crippen molar-refractivity contribution < 1.29 is 14.3 Å². The van der Waals surface area contributed by atoms with Crippen LogP contribution < -0.4 is 15.8 Å². The van der Waals surface area contributed by atoms with Crippen LogP contribution in [0, 0.1) is 11.8 Å². The van der Waals surface area contributed by atoms with Gasteiger partial charge < -0.3 is 20.7 Å². The van der Waals surface area contributed by atoms with Crippen molar-refractivity contribution in [1.29, 1.82) is 0 Å². The van der Waals surface area contributed by atoms with Gasteiger partial charge >= 0.3 is 0 Å². The average Bonchev–Trinajstić information content (AvgIpc) is 3.55. The van der Waals surface area contributed by atoms with Gasteiger partial charge in [-0.05, 0) is 43.9 Å². The molecule has 1 saturated heterocycles. The minimum absolute atomic E-state index is 0.216. The lowest BCUT2D eigenvalue weighted by Crippen LogP contribution is -2.30. The van der Waals surface area contributed by atoms with Crippen LogP contribution in [0.5, 0.6) is 5.75 Å². The van der Waals surface area contributed by atoms with Crippen molar-refractivity contribution in [3.8, 4) is 28.8 Å². The van der Waals surface area contributed by atoms with Gasteiger partial charge in [0.15, 0.2) is 0 Å². The zero-order valence-electron chi connectivity index (χ0n) is 20.4. The van der Waals surface area contributed by atoms with E-state index < -0.39 is 0 Å². The molecule has 1 aliphatic heterocycles. The lowest BCUT2D eigenvalue weighted by molar-refractivity contribution is -0.126. The summed E-state index contributed by atoms with van der Waals surface area (Å²) in [6.07, 6.45) is 6.61. The Hall–Kier alpha value is -4.91. The third kappa shape index (κ3) is 4.54. The first-order chi connectivity index (χ1) is 18.0. The molecule has 3 N–H and O–H groups in total. The number of hydrogen-bond donors (Lipinski definition) is 2. The summed E-state index contributed by atoms with van der Waals surface area (Å²) < 4.78 is 7.07. The molecule has 5 rings (SSSR count). The van der Waals surface area contributed by atoms with E-state index >= 15 is 0 Å². The number of anilines is 2. The minimum atomic E-state index is -0.305. The Morgan fingerprint density at radius 2 is 1.97 bits per heavy atom. The third-order valence-corrected chi connectivity index (χ3v) is 6.28. The highest BCUT2D eigenvalue weighted by Crippen LogP contribution is 2.36. The molecule has 0 saturated carbocycles. The zero-order chi connectivity index (χ0) is 25.9. The number of nitrogen functional groups attached to an aromatic ring is 1. The summed E-state index contributed by atoms with van der Waals surface area (Å²) in [5, 5.41) is 2.77. The van der Waals surface area contributed by atoms with E-state index in [-0.39, 0.29) is 17.9 Å². The van der Waals surface area contributed by atoms with E-state index in [0.29, 0.717) is 46.5 Å². The molecule has 1 fully saturated rings. The molecule has 0 bridgehead atoms. The van der Waals surface area contributed by atoms with Crippen LogP contribution in [0.3, 0.4) is 0 Å². The second-order valence-electron chi connectivity index (χ2n) is 8.49. The number of nitrogens with one attached hydrogen (secondary N) is 1. The number of hydrogen-bond acceptors (Lipinski definition) is 7. The first kappa shape index (κ1) is 23.8. The standard InChI is InChI=1S/C27H25N7O3/c1-3-5-22(35)33-14-4-6-20(33)26-32-23(24-25(28)30-13-15-34(24)26)17-7-9-18(10-8-17)27(36)31-21-16-19(37-2)11-12-29-21/h7-13,15-16,20H,4,6,14H2,1-2H3,(H2,28,30)(H,29,31,36)/t20-/m0/s1. The number of nitrogens with two attached hydrogens (primary N) is 1. The number of likely N-dealkylation sites (tertiary alicyclic amines) is 1. The number of rotatable bonds is 5. The van der Waals surface area contributed by atoms with Crippen LogP contribution in [0.2, 0.25) is 0 Å². The fraction of sp³-hybridized carbons (Fsp3) is 0.222. The van der Waals surface area contributed by atoms with Gasteiger partial charge in [0.2, 0.25) is 0 Å². The van der Waals surface area contributed by atoms with Crippen LogP contribution >= 0.6 is 0 Å². The molecule has 3 aromatic heterocycles. The summed E-state index contributed by atoms with van der Waals surface area (Å²) >= 11 is 0. The highest BCUT2D eigenvalue weighted by atomic mass is 16.5. The zero-order valence-corrected chi connectivity index (χ0v) is 20.4. The first-order valence-electron chi connectivity index (χ1n) is 11.8. The number of carbonyl (C=O) groups excluding carboxylic acids is 2. The molecule has 186 valence electrons. The molecule has 4 heterocycles. The normalized spacial score (nSPS) is 14.8. The summed E-state index contributed by atoms with van der Waals surface area (Å²) in [7, 11) is 1.55. The maximum Gasteiger partial charge on any atom is 0.299 e. The number of benzene rings is 1. The molecule has 1 atom stereocenters. The van der Waals surface area contributed by atoms with Gasteiger partial charge in [-0.1, -0.05) is 18.1 Å². The average molecular weight is 496 g/mol. The second-order valence-corrected chi connectivity index (χ2v) is 8.49. The summed E-state index contributed by atoms with van der Waals surface area (Å²) in [5.74, 6) is 6.82. The van der Waals surface area contributed by atoms with E-state index in [9.17, 15) is 9.59 Å². The summed E-state index contributed by atoms with van der Waals surface area (Å²) in [4.78, 5) is 40.5. The van der Waals surface area contributed by atoms with Crippen molar-refractivity contribution in [3.05, 3.63) is 66.4 Å². The molecule has 0 unspecified atom stereocenters. The molecule has 10 heteroatoms. The van der Waals surface area contributed by atoms with Crippen LogP contribution in [0.1, 0.15) is 42.0 Å². The van der Waals surface area contributed by atoms with Crippen molar-refractivity contribution in [2.75, 3.05) is 24.7 Å². The molecule has 1 aromatic carbocycles. The first-order valence-corrected chi connectivity index (χ1v) is 11.8. The Bertz CT molecular complexity index is 1550. The van der Waals surface area contributed by atoms with Gasteiger partial charge in [-0.25, -0.2) is 15.0 Å². The van der Waals surface area contributed by atoms with Crippen LogP contribution in [0.15, 0.2) is 55.0 Å². The van der Waals surface area contributed by atoms with Crippen LogP contribution in [-0.2, 0) is 4.79 Å². The molecule has 37 heavy (non-hydrogen) atoms. The number of pyridine rings is 1. The molecule has 10 nitrogen and oxygen atoms in total. The number of ether oxygens (including phenoxy) is 1. The van der Waals surface area contributed by atoms with Gasteiger partial charge in [-0.15, -0.1) is 0 Å². The number of imidazole rings is 1. The predicted molar refractivity (Wildman–Crippen MR) is 139 cm³/mol. The highest BCUT2D eigenvalue weighted by Gasteiger charge is 2.33. The van der Waals surface area contributed by atoms with E-state index in [0.717, 1.165) is 18.4 Å². The highest BCUT2D eigenvalue weighted by molar-refractivity contribution is 6.04. The SMILES string of the molecule is CC#CC(=O)N1CCC[C@H]1c1nc(-c2ccc(C(=O)Nc3cc(OC)ccn3)cc2)c2c(N)nccn12. The van der Waals surface area contributed by atoms with Gasteiger partial charge in [0.25, 0.3) is 11.8 Å². The topological polar surface area (TPSA) is 128 Å². The minimum Gasteiger partial charge on any atom is -0.497 e. The number of fused-ring (bicyclic) bond motifs is 1. The summed E-state index contributed by atoms with van der Waals surface area (Å²) in [6.45, 7) is 2.27. The molecular formula is C27H25N7O3. The number of methoxy groups -OCH3 is 1. The van der Waals surface area contributed by atoms with Crippen molar-refractivity contribution in [1.82, 2.24) is 24.3 Å². The van der Waals surface area contributed by atoms with E-state index in [1.165, 1.54) is 0 Å². The molecule has 1 aliphatic rings. The van der Waals surface area contributed by atoms with Crippen molar-refractivity contribution in [2.45, 2.75) is 25.8 Å². The smallest absolute Gasteiger partial charge is 0.299 e. The van der Waals surface area contributed by atoms with Crippen LogP contribution in [-0.4, -0.2) is 49.7 Å². The maximum absolute atomic E-state index is 12.8. The monoisotopic (exact) mass is 495 g/mol. The Morgan fingerprint density at radius 1 is 1.16 bits per heavy atom. The molecule has 2 amide bonds. The van der Waals surface area contributed by atoms with Crippen molar-refractivity contribution >= 4 is 29.0 Å². The Morgan fingerprint density at radius 3 is 2.73 bits per heavy atom. The van der Waals surface area contributed by atoms with Crippen molar-refractivity contribution in [2.24, 2.45) is 0 Å². The van der Waals surface area contributed by atoms with Gasteiger partial charge in [0, 0.05) is 42.3 Å². The molecule has 0 aliphatic carbocycles. The Kier molecular flexibility index (Phi) is 6.43. The van der Waals surface area contributed by atoms with E-state index in [1.807, 2.05) is 16.5 Å². The largest absolute Gasteiger partial charge is 0.497 e. The summed E-state index contributed by atoms with van der Waals surface area (Å²) in [5.41, 5.74) is 8.78.